The molecule has 2 rings (SSSR count). The summed E-state index contributed by atoms with van der Waals surface area (Å²) in [5.41, 5.74) is 1.28. The van der Waals surface area contributed by atoms with Crippen LogP contribution in [0.15, 0.2) is 42.5 Å². The van der Waals surface area contributed by atoms with E-state index in [1.54, 1.807) is 19.1 Å². The Kier molecular flexibility index (Phi) is 5.59. The lowest BCUT2D eigenvalue weighted by Crippen LogP contribution is -2.29. The van der Waals surface area contributed by atoms with E-state index in [9.17, 15) is 19.3 Å². The van der Waals surface area contributed by atoms with Crippen LogP contribution in [0.25, 0.3) is 0 Å². The average Bonchev–Trinajstić information content (AvgIpc) is 2.54. The quantitative estimate of drug-likeness (QED) is 0.651. The molecule has 0 spiro atoms. The van der Waals surface area contributed by atoms with E-state index >= 15 is 0 Å². The lowest BCUT2D eigenvalue weighted by Gasteiger charge is -2.16. The molecule has 1 N–H and O–H groups in total. The first kappa shape index (κ1) is 17.6. The van der Waals surface area contributed by atoms with Crippen molar-refractivity contribution in [3.8, 4) is 0 Å². The first-order valence-corrected chi connectivity index (χ1v) is 7.24. The number of carbonyl (C=O) groups is 1. The molecule has 7 heteroatoms. The molecule has 1 atom stereocenters. The highest BCUT2D eigenvalue weighted by molar-refractivity contribution is 5.94. The minimum absolute atomic E-state index is 0.0407. The number of aryl methyl sites for hydroxylation is 1. The smallest absolute Gasteiger partial charge is 0.272 e. The molecular weight excluding hydrogens is 315 g/mol. The normalized spacial score (nSPS) is 11.8. The largest absolute Gasteiger partial charge is 0.375 e. The van der Waals surface area contributed by atoms with E-state index in [0.29, 0.717) is 16.7 Å². The molecule has 2 aromatic rings. The zero-order chi connectivity index (χ0) is 17.7. The van der Waals surface area contributed by atoms with Crippen LogP contribution in [0, 0.1) is 22.9 Å². The summed E-state index contributed by atoms with van der Waals surface area (Å²) in [5.74, 6) is -0.765. The second kappa shape index (κ2) is 7.65. The number of nitrogens with zero attached hydrogens (tertiary/aromatic N) is 1. The van der Waals surface area contributed by atoms with Crippen LogP contribution in [0.5, 0.6) is 0 Å². The summed E-state index contributed by atoms with van der Waals surface area (Å²) in [4.78, 5) is 22.5. The number of nitro groups is 1. The van der Waals surface area contributed by atoms with E-state index < -0.39 is 11.0 Å². The highest BCUT2D eigenvalue weighted by Gasteiger charge is 2.16. The standard InChI is InChI=1S/C17H17FN2O4/c1-11-8-13(6-7-15(11)20(22)23)17(21)19-10-16(24-2)12-4-3-5-14(18)9-12/h3-9,16H,10H2,1-2H3,(H,19,21). The number of hydrogen-bond donors (Lipinski definition) is 1. The van der Waals surface area contributed by atoms with Gasteiger partial charge >= 0.3 is 0 Å². The molecule has 1 amide bonds. The SMILES string of the molecule is COC(CNC(=O)c1ccc([N+](=O)[O-])c(C)c1)c1cccc(F)c1. The van der Waals surface area contributed by atoms with Crippen LogP contribution in [0.2, 0.25) is 0 Å². The summed E-state index contributed by atoms with van der Waals surface area (Å²) in [6, 6.07) is 10.1. The lowest BCUT2D eigenvalue weighted by atomic mass is 10.1. The van der Waals surface area contributed by atoms with Crippen LogP contribution in [0.1, 0.15) is 27.6 Å². The molecule has 0 radical (unpaired) electrons. The van der Waals surface area contributed by atoms with Crippen LogP contribution < -0.4 is 5.32 Å². The molecule has 0 heterocycles. The lowest BCUT2D eigenvalue weighted by molar-refractivity contribution is -0.385. The van der Waals surface area contributed by atoms with Crippen molar-refractivity contribution < 1.29 is 18.8 Å². The van der Waals surface area contributed by atoms with E-state index in [1.807, 2.05) is 0 Å². The Morgan fingerprint density at radius 1 is 1.33 bits per heavy atom. The van der Waals surface area contributed by atoms with Crippen molar-refractivity contribution in [2.24, 2.45) is 0 Å². The first-order chi connectivity index (χ1) is 11.4. The van der Waals surface area contributed by atoms with Gasteiger partial charge in [-0.05, 0) is 36.8 Å². The summed E-state index contributed by atoms with van der Waals surface area (Å²) in [7, 11) is 1.47. The predicted molar refractivity (Wildman–Crippen MR) is 86.3 cm³/mol. The zero-order valence-electron chi connectivity index (χ0n) is 13.3. The number of nitrogens with one attached hydrogen (secondary N) is 1. The fourth-order valence-corrected chi connectivity index (χ4v) is 2.33. The maximum Gasteiger partial charge on any atom is 0.272 e. The van der Waals surface area contributed by atoms with Crippen molar-refractivity contribution in [3.05, 3.63) is 75.1 Å². The number of nitro benzene ring substituents is 1. The van der Waals surface area contributed by atoms with Gasteiger partial charge in [0, 0.05) is 30.8 Å². The molecule has 6 nitrogen and oxygen atoms in total. The van der Waals surface area contributed by atoms with Gasteiger partial charge in [-0.15, -0.1) is 0 Å². The van der Waals surface area contributed by atoms with Gasteiger partial charge in [0.2, 0.25) is 0 Å². The van der Waals surface area contributed by atoms with Gasteiger partial charge in [0.25, 0.3) is 11.6 Å². The summed E-state index contributed by atoms with van der Waals surface area (Å²) in [6.45, 7) is 1.72. The average molecular weight is 332 g/mol. The van der Waals surface area contributed by atoms with Crippen LogP contribution in [0.4, 0.5) is 10.1 Å². The molecule has 24 heavy (non-hydrogen) atoms. The van der Waals surface area contributed by atoms with Gasteiger partial charge in [0.05, 0.1) is 11.0 Å². The van der Waals surface area contributed by atoms with Crippen molar-refractivity contribution >= 4 is 11.6 Å². The van der Waals surface area contributed by atoms with Gasteiger partial charge in [0.15, 0.2) is 0 Å². The highest BCUT2D eigenvalue weighted by Crippen LogP contribution is 2.20. The Hall–Kier alpha value is -2.80. The minimum atomic E-state index is -0.498. The van der Waals surface area contributed by atoms with Crippen LogP contribution >= 0.6 is 0 Å². The summed E-state index contributed by atoms with van der Waals surface area (Å²) >= 11 is 0. The molecule has 1 unspecified atom stereocenters. The number of hydrogen-bond acceptors (Lipinski definition) is 4. The number of ether oxygens (including phenoxy) is 1. The fraction of sp³-hybridized carbons (Fsp3) is 0.235. The second-order valence-electron chi connectivity index (χ2n) is 5.25. The molecule has 2 aromatic carbocycles. The van der Waals surface area contributed by atoms with E-state index in [1.165, 1.54) is 37.4 Å². The van der Waals surface area contributed by atoms with Crippen molar-refractivity contribution in [2.45, 2.75) is 13.0 Å². The number of carbonyl (C=O) groups excluding carboxylic acids is 1. The third-order valence-electron chi connectivity index (χ3n) is 3.61. The maximum atomic E-state index is 13.3. The Morgan fingerprint density at radius 2 is 2.08 bits per heavy atom. The van der Waals surface area contributed by atoms with Crippen LogP contribution in [-0.2, 0) is 4.74 Å². The Bertz CT molecular complexity index is 764. The number of methoxy groups -OCH3 is 1. The second-order valence-corrected chi connectivity index (χ2v) is 5.25. The molecular formula is C17H17FN2O4. The van der Waals surface area contributed by atoms with Crippen LogP contribution in [0.3, 0.4) is 0 Å². The van der Waals surface area contributed by atoms with E-state index in [-0.39, 0.29) is 24.0 Å². The van der Waals surface area contributed by atoms with Crippen LogP contribution in [-0.4, -0.2) is 24.5 Å². The fourth-order valence-electron chi connectivity index (χ4n) is 2.33. The highest BCUT2D eigenvalue weighted by atomic mass is 19.1. The molecule has 0 aliphatic heterocycles. The van der Waals surface area contributed by atoms with Crippen molar-refractivity contribution in [1.82, 2.24) is 5.32 Å². The summed E-state index contributed by atoms with van der Waals surface area (Å²) in [6.07, 6.45) is -0.496. The molecule has 0 aliphatic carbocycles. The third kappa shape index (κ3) is 4.14. The van der Waals surface area contributed by atoms with Crippen molar-refractivity contribution in [1.29, 1.82) is 0 Å². The van der Waals surface area contributed by atoms with Gasteiger partial charge in [-0.25, -0.2) is 4.39 Å². The van der Waals surface area contributed by atoms with Crippen molar-refractivity contribution in [2.75, 3.05) is 13.7 Å². The molecule has 0 saturated heterocycles. The number of halogens is 1. The number of amides is 1. The van der Waals surface area contributed by atoms with Gasteiger partial charge in [-0.2, -0.15) is 0 Å². The first-order valence-electron chi connectivity index (χ1n) is 7.24. The Balaban J connectivity index is 2.06. The van der Waals surface area contributed by atoms with Gasteiger partial charge in [0.1, 0.15) is 5.82 Å². The maximum absolute atomic E-state index is 13.3. The summed E-state index contributed by atoms with van der Waals surface area (Å²) in [5, 5.41) is 13.5. The Labute approximate surface area is 138 Å². The number of rotatable bonds is 6. The van der Waals surface area contributed by atoms with E-state index in [2.05, 4.69) is 5.32 Å². The monoisotopic (exact) mass is 332 g/mol. The van der Waals surface area contributed by atoms with Gasteiger partial charge < -0.3 is 10.1 Å². The number of benzene rings is 2. The molecule has 126 valence electrons. The van der Waals surface area contributed by atoms with Crippen molar-refractivity contribution in [3.63, 3.8) is 0 Å². The molecule has 0 saturated carbocycles. The molecule has 0 aliphatic rings. The molecule has 0 bridgehead atoms. The molecule has 0 fully saturated rings. The minimum Gasteiger partial charge on any atom is -0.375 e. The summed E-state index contributed by atoms with van der Waals surface area (Å²) < 4.78 is 18.6. The zero-order valence-corrected chi connectivity index (χ0v) is 13.3. The third-order valence-corrected chi connectivity index (χ3v) is 3.61. The van der Waals surface area contributed by atoms with E-state index in [4.69, 9.17) is 4.74 Å². The topological polar surface area (TPSA) is 81.5 Å². The molecule has 0 aromatic heterocycles. The predicted octanol–water partition coefficient (Wildman–Crippen LogP) is 3.16. The Morgan fingerprint density at radius 3 is 2.67 bits per heavy atom. The van der Waals surface area contributed by atoms with Gasteiger partial charge in [-0.3, -0.25) is 14.9 Å². The van der Waals surface area contributed by atoms with E-state index in [0.717, 1.165) is 0 Å². The van der Waals surface area contributed by atoms with Gasteiger partial charge in [-0.1, -0.05) is 12.1 Å².